The van der Waals surface area contributed by atoms with Crippen molar-refractivity contribution >= 4 is 38.9 Å². The number of carbonyl (C=O) groups is 1. The summed E-state index contributed by atoms with van der Waals surface area (Å²) in [7, 11) is -0.835. The summed E-state index contributed by atoms with van der Waals surface area (Å²) >= 11 is 6.19. The molecule has 10 nitrogen and oxygen atoms in total. The average Bonchev–Trinajstić information content (AvgIpc) is 3.19. The highest BCUT2D eigenvalue weighted by Crippen LogP contribution is 2.31. The molecule has 0 fully saturated rings. The summed E-state index contributed by atoms with van der Waals surface area (Å²) in [6.07, 6.45) is 4.23. The highest BCUT2D eigenvalue weighted by Gasteiger charge is 2.21. The van der Waals surface area contributed by atoms with Gasteiger partial charge in [0, 0.05) is 11.8 Å². The maximum atomic E-state index is 12.5. The van der Waals surface area contributed by atoms with Gasteiger partial charge in [0.25, 0.3) is 0 Å². The number of ether oxygens (including phenoxy) is 2. The van der Waals surface area contributed by atoms with E-state index in [0.717, 1.165) is 0 Å². The summed E-state index contributed by atoms with van der Waals surface area (Å²) in [4.78, 5) is 20.0. The lowest BCUT2D eigenvalue weighted by atomic mass is 10.2. The summed E-state index contributed by atoms with van der Waals surface area (Å²) in [6, 6.07) is 5.01. The molecule has 0 saturated heterocycles. The van der Waals surface area contributed by atoms with E-state index in [1.807, 2.05) is 0 Å². The summed E-state index contributed by atoms with van der Waals surface area (Å²) < 4.78 is 36.2. The van der Waals surface area contributed by atoms with E-state index in [1.54, 1.807) is 18.2 Å². The van der Waals surface area contributed by atoms with Crippen LogP contribution >= 0.6 is 11.6 Å². The molecule has 0 bridgehead atoms. The van der Waals surface area contributed by atoms with Crippen LogP contribution in [-0.4, -0.2) is 54.1 Å². The van der Waals surface area contributed by atoms with Crippen molar-refractivity contribution in [1.29, 1.82) is 0 Å². The SMILES string of the molecule is CCS(=O)(=O)c1cnc(-c2ccc(OC)c(Cl)c2)nc1Nc1cnn(CC(=O)OC)c1. The van der Waals surface area contributed by atoms with Crippen LogP contribution in [0.4, 0.5) is 11.5 Å². The Kier molecular flexibility index (Phi) is 6.76. The van der Waals surface area contributed by atoms with Crippen molar-refractivity contribution in [1.82, 2.24) is 19.7 Å². The number of anilines is 2. The number of halogens is 1. The Hall–Kier alpha value is -3.18. The lowest BCUT2D eigenvalue weighted by molar-refractivity contribution is -0.141. The third kappa shape index (κ3) is 5.12. The quantitative estimate of drug-likeness (QED) is 0.499. The molecule has 2 aromatic heterocycles. The first-order valence-electron chi connectivity index (χ1n) is 9.07. The van der Waals surface area contributed by atoms with Gasteiger partial charge in [-0.25, -0.2) is 18.4 Å². The minimum absolute atomic E-state index is 0.0564. The second-order valence-corrected chi connectivity index (χ2v) is 8.94. The number of benzene rings is 1. The normalized spacial score (nSPS) is 11.2. The zero-order valence-electron chi connectivity index (χ0n) is 17.0. The van der Waals surface area contributed by atoms with Crippen molar-refractivity contribution < 1.29 is 22.7 Å². The zero-order chi connectivity index (χ0) is 22.6. The van der Waals surface area contributed by atoms with E-state index in [9.17, 15) is 13.2 Å². The third-order valence-electron chi connectivity index (χ3n) is 4.30. The van der Waals surface area contributed by atoms with Gasteiger partial charge >= 0.3 is 5.97 Å². The van der Waals surface area contributed by atoms with Crippen LogP contribution in [0.25, 0.3) is 11.4 Å². The molecule has 1 aromatic carbocycles. The van der Waals surface area contributed by atoms with E-state index in [-0.39, 0.29) is 28.8 Å². The molecule has 164 valence electrons. The molecule has 0 radical (unpaired) electrons. The summed E-state index contributed by atoms with van der Waals surface area (Å²) in [5, 5.41) is 7.37. The van der Waals surface area contributed by atoms with Crippen LogP contribution < -0.4 is 10.1 Å². The molecule has 0 spiro atoms. The molecule has 0 atom stereocenters. The second kappa shape index (κ2) is 9.31. The Labute approximate surface area is 184 Å². The molecule has 3 aromatic rings. The fourth-order valence-electron chi connectivity index (χ4n) is 2.64. The predicted molar refractivity (Wildman–Crippen MR) is 114 cm³/mol. The van der Waals surface area contributed by atoms with Gasteiger partial charge in [0.1, 0.15) is 17.2 Å². The zero-order valence-corrected chi connectivity index (χ0v) is 18.6. The molecule has 0 aliphatic heterocycles. The van der Waals surface area contributed by atoms with Crippen LogP contribution in [0.2, 0.25) is 5.02 Å². The number of nitrogens with zero attached hydrogens (tertiary/aromatic N) is 4. The van der Waals surface area contributed by atoms with E-state index >= 15 is 0 Å². The van der Waals surface area contributed by atoms with E-state index in [1.165, 1.54) is 44.4 Å². The molecule has 2 heterocycles. The summed E-state index contributed by atoms with van der Waals surface area (Å²) in [5.41, 5.74) is 1.02. The number of rotatable bonds is 8. The largest absolute Gasteiger partial charge is 0.495 e. The topological polar surface area (TPSA) is 125 Å². The molecular formula is C19H20ClN5O5S. The van der Waals surface area contributed by atoms with Crippen molar-refractivity contribution in [2.45, 2.75) is 18.4 Å². The van der Waals surface area contributed by atoms with Gasteiger partial charge in [-0.15, -0.1) is 0 Å². The highest BCUT2D eigenvalue weighted by molar-refractivity contribution is 7.91. The van der Waals surface area contributed by atoms with Crippen molar-refractivity contribution in [3.8, 4) is 17.1 Å². The van der Waals surface area contributed by atoms with Gasteiger partial charge in [0.05, 0.1) is 43.1 Å². The van der Waals surface area contributed by atoms with Crippen molar-refractivity contribution in [3.05, 3.63) is 41.8 Å². The molecule has 0 unspecified atom stereocenters. The lowest BCUT2D eigenvalue weighted by Gasteiger charge is -2.12. The van der Waals surface area contributed by atoms with Crippen LogP contribution in [0.3, 0.4) is 0 Å². The fraction of sp³-hybridized carbons (Fsp3) is 0.263. The van der Waals surface area contributed by atoms with E-state index < -0.39 is 15.8 Å². The number of esters is 1. The van der Waals surface area contributed by atoms with Gasteiger partial charge in [-0.1, -0.05) is 18.5 Å². The third-order valence-corrected chi connectivity index (χ3v) is 6.32. The lowest BCUT2D eigenvalue weighted by Crippen LogP contribution is -2.11. The van der Waals surface area contributed by atoms with Crippen LogP contribution in [0.1, 0.15) is 6.92 Å². The monoisotopic (exact) mass is 465 g/mol. The Morgan fingerprint density at radius 3 is 2.68 bits per heavy atom. The molecular weight excluding hydrogens is 446 g/mol. The number of carbonyl (C=O) groups excluding carboxylic acids is 1. The van der Waals surface area contributed by atoms with Crippen LogP contribution in [-0.2, 0) is 25.9 Å². The first-order chi connectivity index (χ1) is 14.8. The van der Waals surface area contributed by atoms with Crippen molar-refractivity contribution in [2.24, 2.45) is 0 Å². The number of hydrogen-bond donors (Lipinski definition) is 1. The van der Waals surface area contributed by atoms with Crippen LogP contribution in [0, 0.1) is 0 Å². The van der Waals surface area contributed by atoms with Gasteiger partial charge < -0.3 is 14.8 Å². The van der Waals surface area contributed by atoms with Crippen LogP contribution in [0.15, 0.2) is 41.7 Å². The van der Waals surface area contributed by atoms with Crippen LogP contribution in [0.5, 0.6) is 5.75 Å². The number of hydrogen-bond acceptors (Lipinski definition) is 9. The highest BCUT2D eigenvalue weighted by atomic mass is 35.5. The van der Waals surface area contributed by atoms with E-state index in [4.69, 9.17) is 16.3 Å². The van der Waals surface area contributed by atoms with Gasteiger partial charge in [-0.05, 0) is 18.2 Å². The number of methoxy groups -OCH3 is 2. The number of nitrogens with one attached hydrogen (secondary N) is 1. The standard InChI is InChI=1S/C19H20ClN5O5S/c1-4-31(27,28)16-9-21-18(12-5-6-15(29-2)14(20)7-12)24-19(16)23-13-8-22-25(10-13)11-17(26)30-3/h5-10H,4,11H2,1-3H3,(H,21,23,24). The van der Waals surface area contributed by atoms with Crippen molar-refractivity contribution in [2.75, 3.05) is 25.3 Å². The second-order valence-electron chi connectivity index (χ2n) is 6.29. The Morgan fingerprint density at radius 2 is 2.03 bits per heavy atom. The summed E-state index contributed by atoms with van der Waals surface area (Å²) in [5.74, 6) is 0.248. The molecule has 1 N–H and O–H groups in total. The molecule has 0 saturated carbocycles. The maximum Gasteiger partial charge on any atom is 0.327 e. The Balaban J connectivity index is 2.01. The fourth-order valence-corrected chi connectivity index (χ4v) is 3.81. The average molecular weight is 466 g/mol. The van der Waals surface area contributed by atoms with Gasteiger partial charge in [-0.3, -0.25) is 9.48 Å². The molecule has 12 heteroatoms. The minimum atomic E-state index is -3.62. The van der Waals surface area contributed by atoms with E-state index in [0.29, 0.717) is 22.0 Å². The molecule has 0 aliphatic rings. The molecule has 0 aliphatic carbocycles. The number of aromatic nitrogens is 4. The Morgan fingerprint density at radius 1 is 1.26 bits per heavy atom. The molecule has 31 heavy (non-hydrogen) atoms. The summed E-state index contributed by atoms with van der Waals surface area (Å²) in [6.45, 7) is 1.45. The van der Waals surface area contributed by atoms with E-state index in [2.05, 4.69) is 25.1 Å². The smallest absolute Gasteiger partial charge is 0.327 e. The maximum absolute atomic E-state index is 12.5. The predicted octanol–water partition coefficient (Wildman–Crippen LogP) is 2.71. The van der Waals surface area contributed by atoms with Gasteiger partial charge in [-0.2, -0.15) is 5.10 Å². The Bertz CT molecular complexity index is 1210. The first-order valence-corrected chi connectivity index (χ1v) is 11.1. The van der Waals surface area contributed by atoms with Gasteiger partial charge in [0.15, 0.2) is 21.5 Å². The van der Waals surface area contributed by atoms with Crippen molar-refractivity contribution in [3.63, 3.8) is 0 Å². The first kappa shape index (κ1) is 22.5. The molecule has 0 amide bonds. The molecule has 3 rings (SSSR count). The van der Waals surface area contributed by atoms with Gasteiger partial charge in [0.2, 0.25) is 0 Å². The number of sulfone groups is 1. The minimum Gasteiger partial charge on any atom is -0.495 e.